The van der Waals surface area contributed by atoms with Crippen LogP contribution in [0.25, 0.3) is 6.08 Å². The van der Waals surface area contributed by atoms with Crippen molar-refractivity contribution in [2.75, 3.05) is 5.32 Å². The number of carbonyl (C=O) groups excluding carboxylic acids is 2. The fourth-order valence-electron chi connectivity index (χ4n) is 2.12. The van der Waals surface area contributed by atoms with Gasteiger partial charge in [-0.3, -0.25) is 19.1 Å². The number of allylic oxidation sites excluding steroid dienone is 1. The van der Waals surface area contributed by atoms with Crippen LogP contribution in [0.5, 0.6) is 0 Å². The normalized spacial score (nSPS) is 11.9. The Morgan fingerprint density at radius 1 is 1.12 bits per heavy atom. The van der Waals surface area contributed by atoms with Gasteiger partial charge >= 0.3 is 0 Å². The van der Waals surface area contributed by atoms with Crippen LogP contribution in [0.4, 0.5) is 5.69 Å². The highest BCUT2D eigenvalue weighted by molar-refractivity contribution is 5.93. The van der Waals surface area contributed by atoms with Crippen LogP contribution in [-0.2, 0) is 4.79 Å². The Labute approximate surface area is 141 Å². The second-order valence-corrected chi connectivity index (χ2v) is 5.63. The first-order valence-electron chi connectivity index (χ1n) is 7.77. The quantitative estimate of drug-likeness (QED) is 0.879. The molecule has 0 fully saturated rings. The number of pyridine rings is 1. The fraction of sp³-hybridized carbons (Fsp3) is 0.211. The molecule has 0 radical (unpaired) electrons. The second kappa shape index (κ2) is 8.06. The minimum atomic E-state index is -0.166. The Kier molecular flexibility index (Phi) is 5.84. The maximum Gasteiger partial charge on any atom is 0.256 e. The molecule has 1 aromatic heterocycles. The maximum atomic E-state index is 12.4. The summed E-state index contributed by atoms with van der Waals surface area (Å²) in [5.74, 6) is -0.281. The van der Waals surface area contributed by atoms with E-state index in [9.17, 15) is 9.59 Å². The van der Waals surface area contributed by atoms with Gasteiger partial charge in [-0.05, 0) is 49.8 Å². The number of aromatic nitrogens is 1. The molecule has 24 heavy (non-hydrogen) atoms. The third-order valence-electron chi connectivity index (χ3n) is 3.12. The van der Waals surface area contributed by atoms with Gasteiger partial charge in [0.1, 0.15) is 5.49 Å². The Morgan fingerprint density at radius 2 is 1.83 bits per heavy atom. The largest absolute Gasteiger partial charge is 0.326 e. The summed E-state index contributed by atoms with van der Waals surface area (Å²) in [6, 6.07) is 12.8. The smallest absolute Gasteiger partial charge is 0.256 e. The highest BCUT2D eigenvalue weighted by atomic mass is 16.2. The minimum Gasteiger partial charge on any atom is -0.326 e. The van der Waals surface area contributed by atoms with Crippen LogP contribution in [0.15, 0.2) is 59.7 Å². The molecule has 2 aromatic rings. The molecule has 0 unspecified atom stereocenters. The van der Waals surface area contributed by atoms with Crippen LogP contribution < -0.4 is 10.8 Å². The molecule has 0 atom stereocenters. The third-order valence-corrected chi connectivity index (χ3v) is 3.12. The summed E-state index contributed by atoms with van der Waals surface area (Å²) in [5, 5.41) is 2.70. The molecule has 1 amide bonds. The first-order valence-corrected chi connectivity index (χ1v) is 7.77. The molecule has 5 heteroatoms. The van der Waals surface area contributed by atoms with Crippen LogP contribution in [-0.4, -0.2) is 22.4 Å². The minimum absolute atomic E-state index is 0.108. The molecular formula is C19H21N3O2. The monoisotopic (exact) mass is 323 g/mol. The Morgan fingerprint density at radius 3 is 2.46 bits per heavy atom. The number of benzene rings is 1. The van der Waals surface area contributed by atoms with Gasteiger partial charge in [0, 0.05) is 30.9 Å². The molecule has 0 saturated carbocycles. The van der Waals surface area contributed by atoms with E-state index in [1.807, 2.05) is 38.1 Å². The number of nitrogens with one attached hydrogen (secondary N) is 1. The number of carbonyl (C=O) groups is 2. The summed E-state index contributed by atoms with van der Waals surface area (Å²) in [6.07, 6.45) is 4.94. The van der Waals surface area contributed by atoms with E-state index in [-0.39, 0.29) is 17.9 Å². The average Bonchev–Trinajstić information content (AvgIpc) is 2.53. The molecule has 1 heterocycles. The molecule has 0 aliphatic rings. The zero-order valence-electron chi connectivity index (χ0n) is 14.1. The zero-order valence-corrected chi connectivity index (χ0v) is 14.1. The summed E-state index contributed by atoms with van der Waals surface area (Å²) in [5.41, 5.74) is 2.22. The first kappa shape index (κ1) is 17.4. The highest BCUT2D eigenvalue weighted by Gasteiger charge is 2.01. The third kappa shape index (κ3) is 5.05. The van der Waals surface area contributed by atoms with Gasteiger partial charge in [0.2, 0.25) is 5.91 Å². The van der Waals surface area contributed by atoms with Crippen molar-refractivity contribution in [3.63, 3.8) is 0 Å². The molecule has 124 valence electrons. The molecule has 1 N–H and O–H groups in total. The van der Waals surface area contributed by atoms with Crippen LogP contribution in [0.2, 0.25) is 0 Å². The lowest BCUT2D eigenvalue weighted by Crippen LogP contribution is -2.26. The number of hydrogen-bond acceptors (Lipinski definition) is 3. The molecule has 5 nitrogen and oxygen atoms in total. The van der Waals surface area contributed by atoms with Crippen molar-refractivity contribution in [1.82, 2.24) is 4.57 Å². The second-order valence-electron chi connectivity index (χ2n) is 5.63. The maximum absolute atomic E-state index is 12.4. The number of rotatable bonds is 4. The van der Waals surface area contributed by atoms with Gasteiger partial charge in [0.25, 0.3) is 5.91 Å². The van der Waals surface area contributed by atoms with Crippen LogP contribution in [0.1, 0.15) is 31.1 Å². The van der Waals surface area contributed by atoms with E-state index in [4.69, 9.17) is 0 Å². The SMILES string of the molecule is CC(=O)Nc1ccc(C=CC(=O)n2ccccc2=NC(C)C)cc1. The van der Waals surface area contributed by atoms with Gasteiger partial charge in [-0.1, -0.05) is 18.2 Å². The van der Waals surface area contributed by atoms with Gasteiger partial charge in [-0.2, -0.15) is 0 Å². The van der Waals surface area contributed by atoms with E-state index in [0.29, 0.717) is 5.49 Å². The van der Waals surface area contributed by atoms with Gasteiger partial charge in [0.05, 0.1) is 0 Å². The number of hydrogen-bond donors (Lipinski definition) is 1. The predicted molar refractivity (Wildman–Crippen MR) is 95.5 cm³/mol. The molecule has 0 saturated heterocycles. The van der Waals surface area contributed by atoms with E-state index in [0.717, 1.165) is 11.3 Å². The van der Waals surface area contributed by atoms with Gasteiger partial charge in [0.15, 0.2) is 0 Å². The standard InChI is InChI=1S/C19H21N3O2/c1-14(2)20-18-6-4-5-13-22(18)19(24)12-9-16-7-10-17(11-8-16)21-15(3)23/h4-14H,1-3H3,(H,21,23). The topological polar surface area (TPSA) is 63.5 Å². The zero-order chi connectivity index (χ0) is 17.5. The molecular weight excluding hydrogens is 302 g/mol. The van der Waals surface area contributed by atoms with Gasteiger partial charge < -0.3 is 5.32 Å². The summed E-state index contributed by atoms with van der Waals surface area (Å²) < 4.78 is 1.52. The lowest BCUT2D eigenvalue weighted by Gasteiger charge is -2.04. The predicted octanol–water partition coefficient (Wildman–Crippen LogP) is 3.11. The van der Waals surface area contributed by atoms with E-state index < -0.39 is 0 Å². The van der Waals surface area contributed by atoms with Crippen LogP contribution in [0, 0.1) is 0 Å². The first-order chi connectivity index (χ1) is 11.5. The van der Waals surface area contributed by atoms with Crippen molar-refractivity contribution in [2.24, 2.45) is 4.99 Å². The van der Waals surface area contributed by atoms with Crippen LogP contribution >= 0.6 is 0 Å². The van der Waals surface area contributed by atoms with Crippen molar-refractivity contribution in [1.29, 1.82) is 0 Å². The fourth-order valence-corrected chi connectivity index (χ4v) is 2.12. The van der Waals surface area contributed by atoms with E-state index in [1.165, 1.54) is 17.6 Å². The molecule has 0 bridgehead atoms. The molecule has 2 rings (SSSR count). The summed E-state index contributed by atoms with van der Waals surface area (Å²) in [7, 11) is 0. The Balaban J connectivity index is 2.18. The molecule has 0 aliphatic heterocycles. The lowest BCUT2D eigenvalue weighted by atomic mass is 10.2. The van der Waals surface area contributed by atoms with Gasteiger partial charge in [-0.25, -0.2) is 0 Å². The van der Waals surface area contributed by atoms with Crippen molar-refractivity contribution < 1.29 is 9.59 Å². The van der Waals surface area contributed by atoms with E-state index >= 15 is 0 Å². The van der Waals surface area contributed by atoms with Crippen molar-refractivity contribution in [3.05, 3.63) is 65.8 Å². The molecule has 0 spiro atoms. The Bertz CT molecular complexity index is 815. The Hall–Kier alpha value is -2.95. The van der Waals surface area contributed by atoms with Crippen molar-refractivity contribution in [3.8, 4) is 0 Å². The summed E-state index contributed by atoms with van der Waals surface area (Å²) in [6.45, 7) is 5.39. The molecule has 0 aliphatic carbocycles. The van der Waals surface area contributed by atoms with E-state index in [1.54, 1.807) is 30.5 Å². The van der Waals surface area contributed by atoms with Crippen molar-refractivity contribution >= 4 is 23.6 Å². The number of amides is 1. The molecule has 1 aromatic carbocycles. The average molecular weight is 323 g/mol. The van der Waals surface area contributed by atoms with E-state index in [2.05, 4.69) is 10.3 Å². The van der Waals surface area contributed by atoms with Crippen molar-refractivity contribution in [2.45, 2.75) is 26.8 Å². The summed E-state index contributed by atoms with van der Waals surface area (Å²) in [4.78, 5) is 27.8. The van der Waals surface area contributed by atoms with Gasteiger partial charge in [-0.15, -0.1) is 0 Å². The number of anilines is 1. The lowest BCUT2D eigenvalue weighted by molar-refractivity contribution is -0.114. The summed E-state index contributed by atoms with van der Waals surface area (Å²) >= 11 is 0. The number of nitrogens with zero attached hydrogens (tertiary/aromatic N) is 2. The highest BCUT2D eigenvalue weighted by Crippen LogP contribution is 2.10. The van der Waals surface area contributed by atoms with Crippen LogP contribution in [0.3, 0.4) is 0 Å².